The van der Waals surface area contributed by atoms with E-state index < -0.39 is 12.1 Å². The zero-order valence-electron chi connectivity index (χ0n) is 6.86. The van der Waals surface area contributed by atoms with Gasteiger partial charge in [0, 0.05) is 12.0 Å². The summed E-state index contributed by atoms with van der Waals surface area (Å²) in [6.45, 7) is 0. The lowest BCUT2D eigenvalue weighted by atomic mass is 10.1. The molecule has 1 unspecified atom stereocenters. The predicted molar refractivity (Wildman–Crippen MR) is 46.6 cm³/mol. The molecule has 68 valence electrons. The number of rotatable bonds is 1. The van der Waals surface area contributed by atoms with E-state index in [9.17, 15) is 4.79 Å². The molecule has 1 heterocycles. The van der Waals surface area contributed by atoms with Gasteiger partial charge in [-0.05, 0) is 6.07 Å². The minimum atomic E-state index is -0.949. The van der Waals surface area contributed by atoms with Crippen LogP contribution in [0.3, 0.4) is 0 Å². The molecule has 3 N–H and O–H groups in total. The molecule has 4 nitrogen and oxygen atoms in total. The van der Waals surface area contributed by atoms with Crippen molar-refractivity contribution in [1.82, 2.24) is 0 Å². The Morgan fingerprint density at radius 3 is 3.00 bits per heavy atom. The zero-order valence-corrected chi connectivity index (χ0v) is 6.86. The standard InChI is InChI=1S/C9H9NO3/c10-6-3-1-2-5-4-7(9(11)12)13-8(5)6/h1-3,7H,4,10H2,(H,11,12). The van der Waals surface area contributed by atoms with Gasteiger partial charge < -0.3 is 15.6 Å². The number of hydrogen-bond donors (Lipinski definition) is 2. The van der Waals surface area contributed by atoms with Gasteiger partial charge in [0.15, 0.2) is 6.10 Å². The highest BCUT2D eigenvalue weighted by Crippen LogP contribution is 2.34. The van der Waals surface area contributed by atoms with E-state index in [1.807, 2.05) is 6.07 Å². The summed E-state index contributed by atoms with van der Waals surface area (Å²) in [6.07, 6.45) is -0.380. The molecule has 4 heteroatoms. The second-order valence-corrected chi connectivity index (χ2v) is 2.98. The Morgan fingerprint density at radius 2 is 2.38 bits per heavy atom. The van der Waals surface area contributed by atoms with Gasteiger partial charge in [-0.2, -0.15) is 0 Å². The molecule has 1 atom stereocenters. The van der Waals surface area contributed by atoms with E-state index in [-0.39, 0.29) is 0 Å². The largest absolute Gasteiger partial charge is 0.478 e. The number of fused-ring (bicyclic) bond motifs is 1. The van der Waals surface area contributed by atoms with Crippen LogP contribution in [0.25, 0.3) is 0 Å². The average molecular weight is 179 g/mol. The van der Waals surface area contributed by atoms with E-state index in [0.29, 0.717) is 17.9 Å². The Balaban J connectivity index is 2.35. The van der Waals surface area contributed by atoms with Crippen molar-refractivity contribution >= 4 is 11.7 Å². The molecule has 1 aliphatic rings. The van der Waals surface area contributed by atoms with Crippen molar-refractivity contribution in [2.24, 2.45) is 0 Å². The molecule has 1 aliphatic heterocycles. The van der Waals surface area contributed by atoms with Gasteiger partial charge in [0.25, 0.3) is 0 Å². The normalized spacial score (nSPS) is 19.2. The van der Waals surface area contributed by atoms with Crippen LogP contribution in [0.5, 0.6) is 5.75 Å². The van der Waals surface area contributed by atoms with Crippen molar-refractivity contribution in [3.63, 3.8) is 0 Å². The van der Waals surface area contributed by atoms with E-state index in [0.717, 1.165) is 5.56 Å². The number of hydrogen-bond acceptors (Lipinski definition) is 3. The second-order valence-electron chi connectivity index (χ2n) is 2.98. The van der Waals surface area contributed by atoms with E-state index >= 15 is 0 Å². The summed E-state index contributed by atoms with van der Waals surface area (Å²) in [4.78, 5) is 10.6. The van der Waals surface area contributed by atoms with Crippen LogP contribution in [0.2, 0.25) is 0 Å². The first-order valence-electron chi connectivity index (χ1n) is 3.95. The number of nitrogen functional groups attached to an aromatic ring is 1. The van der Waals surface area contributed by atoms with E-state index in [4.69, 9.17) is 15.6 Å². The van der Waals surface area contributed by atoms with Crippen LogP contribution in [-0.2, 0) is 11.2 Å². The molecule has 0 spiro atoms. The maximum absolute atomic E-state index is 10.6. The fourth-order valence-electron chi connectivity index (χ4n) is 1.43. The van der Waals surface area contributed by atoms with Crippen LogP contribution in [-0.4, -0.2) is 17.2 Å². The van der Waals surface area contributed by atoms with Gasteiger partial charge in [0.1, 0.15) is 5.75 Å². The first-order chi connectivity index (χ1) is 6.18. The summed E-state index contributed by atoms with van der Waals surface area (Å²) in [5.41, 5.74) is 6.99. The van der Waals surface area contributed by atoms with Crippen molar-refractivity contribution < 1.29 is 14.6 Å². The highest BCUT2D eigenvalue weighted by Gasteiger charge is 2.29. The smallest absolute Gasteiger partial charge is 0.345 e. The number of aliphatic carboxylic acids is 1. The number of carbonyl (C=O) groups is 1. The van der Waals surface area contributed by atoms with Gasteiger partial charge in [-0.3, -0.25) is 0 Å². The van der Waals surface area contributed by atoms with Crippen LogP contribution >= 0.6 is 0 Å². The first kappa shape index (κ1) is 7.91. The fraction of sp³-hybridized carbons (Fsp3) is 0.222. The molecule has 0 aromatic heterocycles. The Hall–Kier alpha value is -1.71. The number of benzene rings is 1. The summed E-state index contributed by atoms with van der Waals surface area (Å²) >= 11 is 0. The van der Waals surface area contributed by atoms with Crippen molar-refractivity contribution in [1.29, 1.82) is 0 Å². The molecule has 1 aromatic carbocycles. The van der Waals surface area contributed by atoms with Gasteiger partial charge in [-0.1, -0.05) is 12.1 Å². The quantitative estimate of drug-likeness (QED) is 0.621. The van der Waals surface area contributed by atoms with Crippen LogP contribution in [0.4, 0.5) is 5.69 Å². The third kappa shape index (κ3) is 1.20. The third-order valence-electron chi connectivity index (χ3n) is 2.07. The van der Waals surface area contributed by atoms with Crippen LogP contribution in [0.1, 0.15) is 5.56 Å². The lowest BCUT2D eigenvalue weighted by molar-refractivity contribution is -0.144. The van der Waals surface area contributed by atoms with Crippen LogP contribution in [0.15, 0.2) is 18.2 Å². The summed E-state index contributed by atoms with van der Waals surface area (Å²) in [6, 6.07) is 5.32. The second kappa shape index (κ2) is 2.65. The number of ether oxygens (including phenoxy) is 1. The molecule has 0 amide bonds. The molecule has 0 radical (unpaired) electrons. The summed E-state index contributed by atoms with van der Waals surface area (Å²) in [7, 11) is 0. The molecule has 0 fully saturated rings. The summed E-state index contributed by atoms with van der Waals surface area (Å²) < 4.78 is 5.17. The third-order valence-corrected chi connectivity index (χ3v) is 2.07. The molecular formula is C9H9NO3. The predicted octanol–water partition coefficient (Wildman–Crippen LogP) is 0.657. The van der Waals surface area contributed by atoms with Crippen LogP contribution < -0.4 is 10.5 Å². The highest BCUT2D eigenvalue weighted by atomic mass is 16.5. The molecular weight excluding hydrogens is 170 g/mol. The van der Waals surface area contributed by atoms with Gasteiger partial charge in [0.2, 0.25) is 0 Å². The number of para-hydroxylation sites is 1. The Bertz CT molecular complexity index is 362. The van der Waals surface area contributed by atoms with Gasteiger partial charge in [-0.25, -0.2) is 4.79 Å². The maximum Gasteiger partial charge on any atom is 0.345 e. The average Bonchev–Trinajstić information content (AvgIpc) is 2.49. The Labute approximate surface area is 74.9 Å². The van der Waals surface area contributed by atoms with Crippen LogP contribution in [0, 0.1) is 0 Å². The maximum atomic E-state index is 10.6. The van der Waals surface area contributed by atoms with E-state index in [1.165, 1.54) is 0 Å². The molecule has 2 rings (SSSR count). The van der Waals surface area contributed by atoms with Crippen molar-refractivity contribution in [2.75, 3.05) is 5.73 Å². The van der Waals surface area contributed by atoms with E-state index in [1.54, 1.807) is 12.1 Å². The number of carboxylic acids is 1. The molecule has 0 saturated carbocycles. The minimum absolute atomic E-state index is 0.399. The monoisotopic (exact) mass is 179 g/mol. The molecule has 0 aliphatic carbocycles. The molecule has 0 bridgehead atoms. The van der Waals surface area contributed by atoms with E-state index in [2.05, 4.69) is 0 Å². The molecule has 1 aromatic rings. The fourth-order valence-corrected chi connectivity index (χ4v) is 1.43. The topological polar surface area (TPSA) is 72.5 Å². The lowest BCUT2D eigenvalue weighted by Crippen LogP contribution is -2.24. The number of nitrogens with two attached hydrogens (primary N) is 1. The SMILES string of the molecule is Nc1cccc2c1OC(C(=O)O)C2. The lowest BCUT2D eigenvalue weighted by Gasteiger charge is -2.05. The first-order valence-corrected chi connectivity index (χ1v) is 3.95. The summed E-state index contributed by atoms with van der Waals surface area (Å²) in [5, 5.41) is 8.71. The Morgan fingerprint density at radius 1 is 1.62 bits per heavy atom. The molecule has 0 saturated heterocycles. The zero-order chi connectivity index (χ0) is 9.42. The number of carboxylic acid groups (broad SMARTS) is 1. The van der Waals surface area contributed by atoms with Crippen molar-refractivity contribution in [2.45, 2.75) is 12.5 Å². The van der Waals surface area contributed by atoms with Gasteiger partial charge in [0.05, 0.1) is 5.69 Å². The minimum Gasteiger partial charge on any atom is -0.478 e. The van der Waals surface area contributed by atoms with Crippen molar-refractivity contribution in [3.8, 4) is 5.75 Å². The summed E-state index contributed by atoms with van der Waals surface area (Å²) in [5.74, 6) is -0.425. The van der Waals surface area contributed by atoms with Crippen molar-refractivity contribution in [3.05, 3.63) is 23.8 Å². The van der Waals surface area contributed by atoms with Gasteiger partial charge in [-0.15, -0.1) is 0 Å². The Kier molecular flexibility index (Phi) is 1.62. The molecule has 13 heavy (non-hydrogen) atoms. The number of anilines is 1. The highest BCUT2D eigenvalue weighted by molar-refractivity contribution is 5.76. The van der Waals surface area contributed by atoms with Gasteiger partial charge >= 0.3 is 5.97 Å².